The molecule has 0 atom stereocenters. The first kappa shape index (κ1) is 14.5. The lowest BCUT2D eigenvalue weighted by atomic mass is 10.3. The number of ether oxygens (including phenoxy) is 2. The zero-order chi connectivity index (χ0) is 14.5. The van der Waals surface area contributed by atoms with E-state index in [9.17, 15) is 0 Å². The third-order valence-electron chi connectivity index (χ3n) is 2.18. The summed E-state index contributed by atoms with van der Waals surface area (Å²) >= 11 is 3.37. The van der Waals surface area contributed by atoms with Crippen molar-refractivity contribution in [2.24, 2.45) is 0 Å². The standard InChI is InChI=1S/C13H15BrN4O2/c1-8(2)19-12-16-11(15-3)17-13(18-12)20-10-6-4-9(14)5-7-10/h4-8H,1-3H3,(H,15,16,17,18). The molecule has 20 heavy (non-hydrogen) atoms. The Labute approximate surface area is 125 Å². The number of aromatic nitrogens is 3. The molecule has 0 fully saturated rings. The largest absolute Gasteiger partial charge is 0.461 e. The van der Waals surface area contributed by atoms with Crippen molar-refractivity contribution in [3.63, 3.8) is 0 Å². The third-order valence-corrected chi connectivity index (χ3v) is 2.71. The van der Waals surface area contributed by atoms with Gasteiger partial charge in [-0.15, -0.1) is 4.98 Å². The highest BCUT2D eigenvalue weighted by Gasteiger charge is 2.10. The molecule has 0 amide bonds. The van der Waals surface area contributed by atoms with E-state index in [-0.39, 0.29) is 18.1 Å². The second kappa shape index (κ2) is 6.51. The summed E-state index contributed by atoms with van der Waals surface area (Å²) in [5.41, 5.74) is 0. The van der Waals surface area contributed by atoms with Gasteiger partial charge in [0.1, 0.15) is 5.75 Å². The molecule has 1 N–H and O–H groups in total. The number of nitrogens with one attached hydrogen (secondary N) is 1. The molecule has 1 aromatic heterocycles. The Hall–Kier alpha value is -1.89. The highest BCUT2D eigenvalue weighted by atomic mass is 79.9. The monoisotopic (exact) mass is 338 g/mol. The van der Waals surface area contributed by atoms with Crippen LogP contribution < -0.4 is 14.8 Å². The number of benzene rings is 1. The molecule has 1 heterocycles. The van der Waals surface area contributed by atoms with Crippen molar-refractivity contribution in [2.45, 2.75) is 20.0 Å². The lowest BCUT2D eigenvalue weighted by Gasteiger charge is -2.10. The van der Waals surface area contributed by atoms with Crippen molar-refractivity contribution in [3.05, 3.63) is 28.7 Å². The normalized spacial score (nSPS) is 10.4. The molecule has 0 aliphatic heterocycles. The van der Waals surface area contributed by atoms with Crippen LogP contribution in [0.3, 0.4) is 0 Å². The zero-order valence-corrected chi connectivity index (χ0v) is 13.0. The van der Waals surface area contributed by atoms with Crippen molar-refractivity contribution < 1.29 is 9.47 Å². The van der Waals surface area contributed by atoms with Crippen LogP contribution in [0, 0.1) is 0 Å². The molecule has 0 saturated heterocycles. The minimum Gasteiger partial charge on any atom is -0.461 e. The summed E-state index contributed by atoms with van der Waals surface area (Å²) in [5, 5.41) is 2.85. The van der Waals surface area contributed by atoms with Crippen molar-refractivity contribution in [1.29, 1.82) is 0 Å². The van der Waals surface area contributed by atoms with Crippen LogP contribution in [0.1, 0.15) is 13.8 Å². The van der Waals surface area contributed by atoms with Gasteiger partial charge in [-0.05, 0) is 38.1 Å². The second-order valence-corrected chi connectivity index (χ2v) is 5.11. The molecule has 0 aliphatic carbocycles. The Morgan fingerprint density at radius 1 is 1.05 bits per heavy atom. The van der Waals surface area contributed by atoms with Crippen molar-refractivity contribution in [3.8, 4) is 17.8 Å². The van der Waals surface area contributed by atoms with Crippen LogP contribution in [0.2, 0.25) is 0 Å². The Kier molecular flexibility index (Phi) is 4.73. The molecule has 0 spiro atoms. The maximum atomic E-state index is 5.60. The van der Waals surface area contributed by atoms with Gasteiger partial charge < -0.3 is 14.8 Å². The molecular formula is C13H15BrN4O2. The van der Waals surface area contributed by atoms with E-state index in [2.05, 4.69) is 36.2 Å². The van der Waals surface area contributed by atoms with Gasteiger partial charge in [-0.2, -0.15) is 9.97 Å². The van der Waals surface area contributed by atoms with E-state index in [0.717, 1.165) is 4.47 Å². The molecule has 6 nitrogen and oxygen atoms in total. The first-order valence-corrected chi connectivity index (χ1v) is 6.90. The highest BCUT2D eigenvalue weighted by Crippen LogP contribution is 2.22. The summed E-state index contributed by atoms with van der Waals surface area (Å²) in [7, 11) is 1.72. The smallest absolute Gasteiger partial charge is 0.330 e. The molecular weight excluding hydrogens is 324 g/mol. The number of nitrogens with zero attached hydrogens (tertiary/aromatic N) is 3. The minimum atomic E-state index is -0.0253. The highest BCUT2D eigenvalue weighted by molar-refractivity contribution is 9.10. The Bertz CT molecular complexity index is 575. The van der Waals surface area contributed by atoms with E-state index >= 15 is 0 Å². The lowest BCUT2D eigenvalue weighted by molar-refractivity contribution is 0.218. The van der Waals surface area contributed by atoms with E-state index in [1.807, 2.05) is 38.1 Å². The number of halogens is 1. The Balaban J connectivity index is 2.23. The fraction of sp³-hybridized carbons (Fsp3) is 0.308. The van der Waals surface area contributed by atoms with E-state index < -0.39 is 0 Å². The van der Waals surface area contributed by atoms with E-state index in [1.165, 1.54) is 0 Å². The van der Waals surface area contributed by atoms with Crippen LogP contribution in [-0.4, -0.2) is 28.1 Å². The maximum Gasteiger partial charge on any atom is 0.330 e. The van der Waals surface area contributed by atoms with Crippen molar-refractivity contribution in [1.82, 2.24) is 15.0 Å². The first-order valence-electron chi connectivity index (χ1n) is 6.10. The van der Waals surface area contributed by atoms with Gasteiger partial charge in [-0.3, -0.25) is 0 Å². The molecule has 1 aromatic carbocycles. The number of anilines is 1. The topological polar surface area (TPSA) is 69.2 Å². The van der Waals surface area contributed by atoms with Gasteiger partial charge in [0, 0.05) is 11.5 Å². The van der Waals surface area contributed by atoms with Crippen molar-refractivity contribution >= 4 is 21.9 Å². The minimum absolute atomic E-state index is 0.0253. The molecule has 0 aliphatic rings. The van der Waals surface area contributed by atoms with Gasteiger partial charge in [0.25, 0.3) is 0 Å². The fourth-order valence-corrected chi connectivity index (χ4v) is 1.63. The first-order chi connectivity index (χ1) is 9.56. The fourth-order valence-electron chi connectivity index (χ4n) is 1.37. The summed E-state index contributed by atoms with van der Waals surface area (Å²) in [6, 6.07) is 7.79. The van der Waals surface area contributed by atoms with Crippen molar-refractivity contribution in [2.75, 3.05) is 12.4 Å². The summed E-state index contributed by atoms with van der Waals surface area (Å²) in [6.45, 7) is 3.80. The summed E-state index contributed by atoms with van der Waals surface area (Å²) in [6.07, 6.45) is -0.0253. The molecule has 0 saturated carbocycles. The van der Waals surface area contributed by atoms with Gasteiger partial charge in [0.2, 0.25) is 5.95 Å². The van der Waals surface area contributed by atoms with Gasteiger partial charge in [0.15, 0.2) is 0 Å². The number of hydrogen-bond donors (Lipinski definition) is 1. The van der Waals surface area contributed by atoms with Crippen LogP contribution in [0.5, 0.6) is 17.8 Å². The van der Waals surface area contributed by atoms with Gasteiger partial charge in [0.05, 0.1) is 6.10 Å². The number of hydrogen-bond acceptors (Lipinski definition) is 6. The molecule has 2 aromatic rings. The third kappa shape index (κ3) is 4.06. The van der Waals surface area contributed by atoms with Crippen LogP contribution in [0.25, 0.3) is 0 Å². The molecule has 0 bridgehead atoms. The van der Waals surface area contributed by atoms with E-state index in [4.69, 9.17) is 9.47 Å². The molecule has 0 unspecified atom stereocenters. The van der Waals surface area contributed by atoms with E-state index in [0.29, 0.717) is 11.7 Å². The molecule has 2 rings (SSSR count). The van der Waals surface area contributed by atoms with Crippen LogP contribution >= 0.6 is 15.9 Å². The molecule has 0 radical (unpaired) electrons. The SMILES string of the molecule is CNc1nc(Oc2ccc(Br)cc2)nc(OC(C)C)n1. The van der Waals surface area contributed by atoms with Gasteiger partial charge >= 0.3 is 12.0 Å². The average Bonchev–Trinajstić information content (AvgIpc) is 2.40. The molecule has 106 valence electrons. The van der Waals surface area contributed by atoms with E-state index in [1.54, 1.807) is 7.05 Å². The average molecular weight is 339 g/mol. The van der Waals surface area contributed by atoms with Crippen LogP contribution in [0.4, 0.5) is 5.95 Å². The van der Waals surface area contributed by atoms with Crippen LogP contribution in [-0.2, 0) is 0 Å². The Morgan fingerprint density at radius 2 is 1.70 bits per heavy atom. The molecule has 7 heteroatoms. The van der Waals surface area contributed by atoms with Crippen LogP contribution in [0.15, 0.2) is 28.7 Å². The summed E-state index contributed by atoms with van der Waals surface area (Å²) < 4.78 is 12.0. The quantitative estimate of drug-likeness (QED) is 0.902. The number of rotatable bonds is 5. The predicted molar refractivity (Wildman–Crippen MR) is 79.4 cm³/mol. The Morgan fingerprint density at radius 3 is 2.30 bits per heavy atom. The lowest BCUT2D eigenvalue weighted by Crippen LogP contribution is -2.11. The maximum absolute atomic E-state index is 5.60. The predicted octanol–water partition coefficient (Wildman–Crippen LogP) is 3.26. The summed E-state index contributed by atoms with van der Waals surface area (Å²) in [5.74, 6) is 1.03. The van der Waals surface area contributed by atoms with Gasteiger partial charge in [-0.1, -0.05) is 15.9 Å². The summed E-state index contributed by atoms with van der Waals surface area (Å²) in [4.78, 5) is 12.4. The zero-order valence-electron chi connectivity index (χ0n) is 11.4. The van der Waals surface area contributed by atoms with Gasteiger partial charge in [-0.25, -0.2) is 0 Å². The second-order valence-electron chi connectivity index (χ2n) is 4.20.